The summed E-state index contributed by atoms with van der Waals surface area (Å²) in [5.41, 5.74) is 2.62. The van der Waals surface area contributed by atoms with Crippen molar-refractivity contribution in [3.63, 3.8) is 0 Å². The molecular weight excluding hydrogens is 444 g/mol. The Morgan fingerprint density at radius 3 is 1.36 bits per heavy atom. The highest BCUT2D eigenvalue weighted by molar-refractivity contribution is 5.29. The summed E-state index contributed by atoms with van der Waals surface area (Å²) in [6.07, 6.45) is 20.0. The number of aryl methyl sites for hydroxylation is 2. The van der Waals surface area contributed by atoms with E-state index in [9.17, 15) is 5.11 Å². The number of hydrogen-bond donors (Lipinski definition) is 1. The summed E-state index contributed by atoms with van der Waals surface area (Å²) in [5.74, 6) is 1.65. The lowest BCUT2D eigenvalue weighted by molar-refractivity contribution is 0.0626. The first kappa shape index (κ1) is 30.2. The van der Waals surface area contributed by atoms with Gasteiger partial charge in [0.05, 0.1) is 0 Å². The summed E-state index contributed by atoms with van der Waals surface area (Å²) in [4.78, 5) is 0. The van der Waals surface area contributed by atoms with E-state index in [0.717, 1.165) is 24.3 Å². The molecule has 0 radical (unpaired) electrons. The van der Waals surface area contributed by atoms with Crippen molar-refractivity contribution in [2.45, 2.75) is 123 Å². The van der Waals surface area contributed by atoms with Crippen molar-refractivity contribution >= 4 is 0 Å². The summed E-state index contributed by atoms with van der Waals surface area (Å²) < 4.78 is 11.7. The van der Waals surface area contributed by atoms with Crippen molar-refractivity contribution in [2.75, 3.05) is 13.2 Å². The first-order valence-electron chi connectivity index (χ1n) is 14.8. The Balaban J connectivity index is 1.61. The minimum atomic E-state index is -0.663. The molecule has 0 fully saturated rings. The smallest absolute Gasteiger partial charge is 0.122 e. The summed E-state index contributed by atoms with van der Waals surface area (Å²) in [7, 11) is 0. The fourth-order valence-corrected chi connectivity index (χ4v) is 4.59. The molecule has 2 aromatic rings. The average Bonchev–Trinajstić information content (AvgIpc) is 2.90. The second kappa shape index (κ2) is 20.1. The predicted octanol–water partition coefficient (Wildman–Crippen LogP) is 9.09. The van der Waals surface area contributed by atoms with Gasteiger partial charge >= 0.3 is 0 Å². The number of benzene rings is 2. The summed E-state index contributed by atoms with van der Waals surface area (Å²) >= 11 is 0. The number of rotatable bonds is 22. The lowest BCUT2D eigenvalue weighted by Gasteiger charge is -2.15. The van der Waals surface area contributed by atoms with Crippen molar-refractivity contribution in [3.8, 4) is 11.5 Å². The van der Waals surface area contributed by atoms with Gasteiger partial charge in [0.25, 0.3) is 0 Å². The van der Waals surface area contributed by atoms with Crippen LogP contribution in [-0.4, -0.2) is 24.4 Å². The molecule has 202 valence electrons. The van der Waals surface area contributed by atoms with Gasteiger partial charge in [-0.25, -0.2) is 0 Å². The van der Waals surface area contributed by atoms with Gasteiger partial charge < -0.3 is 14.6 Å². The van der Waals surface area contributed by atoms with E-state index in [4.69, 9.17) is 9.47 Å². The second-order valence-corrected chi connectivity index (χ2v) is 10.3. The Morgan fingerprint density at radius 2 is 0.944 bits per heavy atom. The van der Waals surface area contributed by atoms with Gasteiger partial charge in [0, 0.05) is 0 Å². The van der Waals surface area contributed by atoms with Crippen LogP contribution < -0.4 is 9.47 Å². The number of aliphatic hydroxyl groups excluding tert-OH is 1. The second-order valence-electron chi connectivity index (χ2n) is 10.3. The largest absolute Gasteiger partial charge is 0.491 e. The van der Waals surface area contributed by atoms with Gasteiger partial charge in [-0.2, -0.15) is 0 Å². The van der Waals surface area contributed by atoms with E-state index in [1.165, 1.54) is 101 Å². The van der Waals surface area contributed by atoms with Gasteiger partial charge in [0.1, 0.15) is 30.8 Å². The predicted molar refractivity (Wildman–Crippen MR) is 153 cm³/mol. The number of aliphatic hydroxyl groups is 1. The minimum absolute atomic E-state index is 0.235. The molecule has 0 atom stereocenters. The zero-order valence-corrected chi connectivity index (χ0v) is 23.2. The summed E-state index contributed by atoms with van der Waals surface area (Å²) in [6.45, 7) is 4.99. The maximum Gasteiger partial charge on any atom is 0.122 e. The molecule has 0 unspecified atom stereocenters. The van der Waals surface area contributed by atoms with Gasteiger partial charge in [-0.15, -0.1) is 0 Å². The molecule has 0 aliphatic carbocycles. The third-order valence-electron chi connectivity index (χ3n) is 6.82. The van der Waals surface area contributed by atoms with Crippen molar-refractivity contribution in [1.29, 1.82) is 0 Å². The van der Waals surface area contributed by atoms with Gasteiger partial charge in [-0.3, -0.25) is 0 Å². The normalized spacial score (nSPS) is 11.2. The molecule has 0 bridgehead atoms. The van der Waals surface area contributed by atoms with E-state index < -0.39 is 6.10 Å². The van der Waals surface area contributed by atoms with E-state index in [0.29, 0.717) is 0 Å². The molecule has 0 amide bonds. The van der Waals surface area contributed by atoms with Crippen LogP contribution in [-0.2, 0) is 12.8 Å². The SMILES string of the molecule is CCCCCCCCCc1cccc(OCC(O)COc2cccc(CCCCCCCCC)c2)c1. The van der Waals surface area contributed by atoms with Crippen LogP contribution in [0, 0.1) is 0 Å². The fourth-order valence-electron chi connectivity index (χ4n) is 4.59. The Bertz CT molecular complexity index is 723. The van der Waals surface area contributed by atoms with Gasteiger partial charge in [-0.1, -0.05) is 115 Å². The Morgan fingerprint density at radius 1 is 0.556 bits per heavy atom. The third-order valence-corrected chi connectivity index (χ3v) is 6.82. The zero-order valence-electron chi connectivity index (χ0n) is 23.2. The average molecular weight is 497 g/mol. The lowest BCUT2D eigenvalue weighted by Crippen LogP contribution is -2.25. The van der Waals surface area contributed by atoms with Crippen LogP contribution in [0.15, 0.2) is 48.5 Å². The molecule has 36 heavy (non-hydrogen) atoms. The Hall–Kier alpha value is -2.00. The molecule has 0 saturated carbocycles. The van der Waals surface area contributed by atoms with Crippen molar-refractivity contribution in [2.24, 2.45) is 0 Å². The van der Waals surface area contributed by atoms with Crippen LogP contribution >= 0.6 is 0 Å². The molecule has 2 rings (SSSR count). The van der Waals surface area contributed by atoms with E-state index in [2.05, 4.69) is 38.1 Å². The first-order chi connectivity index (χ1) is 17.7. The van der Waals surface area contributed by atoms with E-state index in [1.54, 1.807) is 0 Å². The van der Waals surface area contributed by atoms with E-state index >= 15 is 0 Å². The Kier molecular flexibility index (Phi) is 16.9. The molecule has 0 aliphatic rings. The third kappa shape index (κ3) is 14.5. The summed E-state index contributed by atoms with van der Waals surface area (Å²) in [6, 6.07) is 16.6. The quantitative estimate of drug-likeness (QED) is 0.165. The molecular formula is C33H52O3. The van der Waals surface area contributed by atoms with Gasteiger partial charge in [0.2, 0.25) is 0 Å². The lowest BCUT2D eigenvalue weighted by atomic mass is 10.0. The number of hydrogen-bond acceptors (Lipinski definition) is 3. The minimum Gasteiger partial charge on any atom is -0.491 e. The molecule has 0 saturated heterocycles. The molecule has 1 N–H and O–H groups in total. The van der Waals surface area contributed by atoms with E-state index in [1.807, 2.05) is 24.3 Å². The number of ether oxygens (including phenoxy) is 2. The maximum atomic E-state index is 10.4. The van der Waals surface area contributed by atoms with E-state index in [-0.39, 0.29) is 13.2 Å². The highest BCUT2D eigenvalue weighted by Crippen LogP contribution is 2.19. The Labute approximate surface area is 221 Å². The van der Waals surface area contributed by atoms with Crippen molar-refractivity contribution < 1.29 is 14.6 Å². The topological polar surface area (TPSA) is 38.7 Å². The van der Waals surface area contributed by atoms with Crippen LogP contribution in [0.3, 0.4) is 0 Å². The molecule has 3 heteroatoms. The van der Waals surface area contributed by atoms with Gasteiger partial charge in [-0.05, 0) is 61.1 Å². The van der Waals surface area contributed by atoms with Crippen molar-refractivity contribution in [3.05, 3.63) is 59.7 Å². The zero-order chi connectivity index (χ0) is 25.7. The standard InChI is InChI=1S/C33H52O3/c1-3-5-7-9-11-13-15-19-29-21-17-23-32(25-29)35-27-31(34)28-36-33-24-18-22-30(26-33)20-16-14-12-10-8-6-4-2/h17-18,21-26,31,34H,3-16,19-20,27-28H2,1-2H3. The van der Waals surface area contributed by atoms with Crippen molar-refractivity contribution in [1.82, 2.24) is 0 Å². The first-order valence-corrected chi connectivity index (χ1v) is 14.8. The van der Waals surface area contributed by atoms with Crippen LogP contribution in [0.1, 0.15) is 115 Å². The maximum absolute atomic E-state index is 10.4. The summed E-state index contributed by atoms with van der Waals surface area (Å²) in [5, 5.41) is 10.4. The van der Waals surface area contributed by atoms with Crippen LogP contribution in [0.25, 0.3) is 0 Å². The fraction of sp³-hybridized carbons (Fsp3) is 0.636. The molecule has 0 aromatic heterocycles. The highest BCUT2D eigenvalue weighted by Gasteiger charge is 2.08. The van der Waals surface area contributed by atoms with Gasteiger partial charge in [0.15, 0.2) is 0 Å². The molecule has 0 heterocycles. The molecule has 0 spiro atoms. The highest BCUT2D eigenvalue weighted by atomic mass is 16.5. The number of unbranched alkanes of at least 4 members (excludes halogenated alkanes) is 12. The van der Waals surface area contributed by atoms with Crippen LogP contribution in [0.5, 0.6) is 11.5 Å². The molecule has 2 aromatic carbocycles. The molecule has 3 nitrogen and oxygen atoms in total. The van der Waals surface area contributed by atoms with Crippen LogP contribution in [0.2, 0.25) is 0 Å². The monoisotopic (exact) mass is 496 g/mol. The van der Waals surface area contributed by atoms with Crippen LogP contribution in [0.4, 0.5) is 0 Å². The molecule has 0 aliphatic heterocycles.